The van der Waals surface area contributed by atoms with Gasteiger partial charge in [0.2, 0.25) is 0 Å². The standard InChI is InChI=1S/C17H15N3O2/c1-20-12-19-17-15(20)9-14(10-18-17)7-8-16(21)22-11-13-5-3-2-4-6-13/h2-10,12H,11H2,1H3/b8-7+. The average Bonchev–Trinajstić information content (AvgIpc) is 2.93. The number of benzene rings is 1. The highest BCUT2D eigenvalue weighted by Crippen LogP contribution is 2.12. The highest BCUT2D eigenvalue weighted by atomic mass is 16.5. The molecule has 2 aromatic heterocycles. The maximum Gasteiger partial charge on any atom is 0.331 e. The number of pyridine rings is 1. The van der Waals surface area contributed by atoms with Gasteiger partial charge in [-0.15, -0.1) is 0 Å². The number of aromatic nitrogens is 3. The van der Waals surface area contributed by atoms with Crippen LogP contribution in [0.2, 0.25) is 0 Å². The highest BCUT2D eigenvalue weighted by molar-refractivity contribution is 5.87. The Kier molecular flexibility index (Phi) is 3.96. The Morgan fingerprint density at radius 1 is 1.27 bits per heavy atom. The number of aryl methyl sites for hydroxylation is 1. The molecule has 110 valence electrons. The number of imidazole rings is 1. The molecule has 0 amide bonds. The molecule has 3 aromatic rings. The molecule has 0 radical (unpaired) electrons. The largest absolute Gasteiger partial charge is 0.458 e. The molecule has 0 saturated carbocycles. The van der Waals surface area contributed by atoms with Crippen molar-refractivity contribution in [3.8, 4) is 0 Å². The molecular formula is C17H15N3O2. The molecule has 5 nitrogen and oxygen atoms in total. The summed E-state index contributed by atoms with van der Waals surface area (Å²) in [5.74, 6) is -0.381. The number of hydrogen-bond donors (Lipinski definition) is 0. The molecular weight excluding hydrogens is 278 g/mol. The van der Waals surface area contributed by atoms with Gasteiger partial charge in [0.1, 0.15) is 6.61 Å². The van der Waals surface area contributed by atoms with Crippen LogP contribution < -0.4 is 0 Å². The first-order chi connectivity index (χ1) is 10.7. The molecule has 0 unspecified atom stereocenters. The van der Waals surface area contributed by atoms with E-state index in [1.54, 1.807) is 18.6 Å². The average molecular weight is 293 g/mol. The minimum atomic E-state index is -0.381. The lowest BCUT2D eigenvalue weighted by Crippen LogP contribution is -2.00. The van der Waals surface area contributed by atoms with Gasteiger partial charge < -0.3 is 9.30 Å². The van der Waals surface area contributed by atoms with Gasteiger partial charge in [-0.1, -0.05) is 30.3 Å². The van der Waals surface area contributed by atoms with Gasteiger partial charge in [-0.25, -0.2) is 14.8 Å². The van der Waals surface area contributed by atoms with Gasteiger partial charge in [0.15, 0.2) is 5.65 Å². The fourth-order valence-corrected chi connectivity index (χ4v) is 2.06. The summed E-state index contributed by atoms with van der Waals surface area (Å²) >= 11 is 0. The first kappa shape index (κ1) is 14.0. The number of ether oxygens (including phenoxy) is 1. The summed E-state index contributed by atoms with van der Waals surface area (Å²) in [4.78, 5) is 20.1. The van der Waals surface area contributed by atoms with Crippen LogP contribution in [-0.4, -0.2) is 20.5 Å². The number of rotatable bonds is 4. The van der Waals surface area contributed by atoms with E-state index in [0.29, 0.717) is 5.65 Å². The van der Waals surface area contributed by atoms with Crippen LogP contribution in [0.15, 0.2) is 55.0 Å². The van der Waals surface area contributed by atoms with Crippen LogP contribution in [-0.2, 0) is 23.2 Å². The quantitative estimate of drug-likeness (QED) is 0.548. The second-order valence-electron chi connectivity index (χ2n) is 4.89. The Morgan fingerprint density at radius 3 is 2.91 bits per heavy atom. The molecule has 0 aliphatic carbocycles. The SMILES string of the molecule is Cn1cnc2ncc(/C=C/C(=O)OCc3ccccc3)cc21. The zero-order valence-electron chi connectivity index (χ0n) is 12.1. The summed E-state index contributed by atoms with van der Waals surface area (Å²) in [6, 6.07) is 11.5. The summed E-state index contributed by atoms with van der Waals surface area (Å²) < 4.78 is 7.06. The molecule has 3 rings (SSSR count). The lowest BCUT2D eigenvalue weighted by atomic mass is 10.2. The van der Waals surface area contributed by atoms with Gasteiger partial charge in [-0.2, -0.15) is 0 Å². The normalized spacial score (nSPS) is 11.1. The van der Waals surface area contributed by atoms with E-state index in [4.69, 9.17) is 4.74 Å². The first-order valence-corrected chi connectivity index (χ1v) is 6.88. The van der Waals surface area contributed by atoms with E-state index in [0.717, 1.165) is 16.6 Å². The van der Waals surface area contributed by atoms with Crippen molar-refractivity contribution in [2.45, 2.75) is 6.61 Å². The molecule has 0 spiro atoms. The van der Waals surface area contributed by atoms with Gasteiger partial charge >= 0.3 is 5.97 Å². The molecule has 0 fully saturated rings. The Hall–Kier alpha value is -2.95. The fraction of sp³-hybridized carbons (Fsp3) is 0.118. The molecule has 0 bridgehead atoms. The van der Waals surface area contributed by atoms with Crippen molar-refractivity contribution < 1.29 is 9.53 Å². The Bertz CT molecular complexity index is 822. The molecule has 0 aliphatic rings. The zero-order chi connectivity index (χ0) is 15.4. The van der Waals surface area contributed by atoms with Gasteiger partial charge in [0.25, 0.3) is 0 Å². The smallest absolute Gasteiger partial charge is 0.331 e. The summed E-state index contributed by atoms with van der Waals surface area (Å²) in [6.07, 6.45) is 6.48. The molecule has 0 aliphatic heterocycles. The summed E-state index contributed by atoms with van der Waals surface area (Å²) in [5, 5.41) is 0. The van der Waals surface area contributed by atoms with Gasteiger partial charge in [0.05, 0.1) is 11.8 Å². The van der Waals surface area contributed by atoms with E-state index in [1.165, 1.54) is 6.08 Å². The van der Waals surface area contributed by atoms with E-state index < -0.39 is 0 Å². The van der Waals surface area contributed by atoms with Crippen LogP contribution >= 0.6 is 0 Å². The molecule has 0 N–H and O–H groups in total. The van der Waals surface area contributed by atoms with Gasteiger partial charge in [0, 0.05) is 19.3 Å². The predicted octanol–water partition coefficient (Wildman–Crippen LogP) is 2.72. The Balaban J connectivity index is 1.64. The van der Waals surface area contributed by atoms with E-state index in [-0.39, 0.29) is 12.6 Å². The van der Waals surface area contributed by atoms with Crippen molar-refractivity contribution in [1.29, 1.82) is 0 Å². The van der Waals surface area contributed by atoms with Crippen molar-refractivity contribution in [2.24, 2.45) is 7.05 Å². The monoisotopic (exact) mass is 293 g/mol. The predicted molar refractivity (Wildman–Crippen MR) is 83.8 cm³/mol. The van der Waals surface area contributed by atoms with Crippen molar-refractivity contribution in [1.82, 2.24) is 14.5 Å². The van der Waals surface area contributed by atoms with Crippen molar-refractivity contribution in [3.63, 3.8) is 0 Å². The lowest BCUT2D eigenvalue weighted by molar-refractivity contribution is -0.138. The number of esters is 1. The fourth-order valence-electron chi connectivity index (χ4n) is 2.06. The molecule has 5 heteroatoms. The number of nitrogens with zero attached hydrogens (tertiary/aromatic N) is 3. The third kappa shape index (κ3) is 3.20. The zero-order valence-corrected chi connectivity index (χ0v) is 12.1. The minimum Gasteiger partial charge on any atom is -0.458 e. The van der Waals surface area contributed by atoms with Crippen LogP contribution in [0.25, 0.3) is 17.2 Å². The van der Waals surface area contributed by atoms with Crippen LogP contribution in [0, 0.1) is 0 Å². The summed E-state index contributed by atoms with van der Waals surface area (Å²) in [7, 11) is 1.90. The third-order valence-electron chi connectivity index (χ3n) is 3.24. The lowest BCUT2D eigenvalue weighted by Gasteiger charge is -2.01. The van der Waals surface area contributed by atoms with E-state index >= 15 is 0 Å². The molecule has 0 atom stereocenters. The van der Waals surface area contributed by atoms with E-state index in [9.17, 15) is 4.79 Å². The van der Waals surface area contributed by atoms with Crippen molar-refractivity contribution in [3.05, 3.63) is 66.1 Å². The molecule has 22 heavy (non-hydrogen) atoms. The summed E-state index contributed by atoms with van der Waals surface area (Å²) in [5.41, 5.74) is 3.39. The Labute approximate surface area is 127 Å². The molecule has 2 heterocycles. The van der Waals surface area contributed by atoms with Crippen molar-refractivity contribution >= 4 is 23.2 Å². The van der Waals surface area contributed by atoms with Crippen LogP contribution in [0.1, 0.15) is 11.1 Å². The van der Waals surface area contributed by atoms with Crippen LogP contribution in [0.3, 0.4) is 0 Å². The summed E-state index contributed by atoms with van der Waals surface area (Å²) in [6.45, 7) is 0.267. The Morgan fingerprint density at radius 2 is 2.09 bits per heavy atom. The van der Waals surface area contributed by atoms with E-state index in [1.807, 2.05) is 48.0 Å². The number of carbonyl (C=O) groups excluding carboxylic acids is 1. The number of carbonyl (C=O) groups is 1. The minimum absolute atomic E-state index is 0.267. The first-order valence-electron chi connectivity index (χ1n) is 6.88. The maximum absolute atomic E-state index is 11.7. The second kappa shape index (κ2) is 6.22. The van der Waals surface area contributed by atoms with Crippen molar-refractivity contribution in [2.75, 3.05) is 0 Å². The third-order valence-corrected chi connectivity index (χ3v) is 3.24. The highest BCUT2D eigenvalue weighted by Gasteiger charge is 2.02. The van der Waals surface area contributed by atoms with Gasteiger partial charge in [-0.05, 0) is 23.3 Å². The van der Waals surface area contributed by atoms with Crippen LogP contribution in [0.4, 0.5) is 0 Å². The maximum atomic E-state index is 11.7. The van der Waals surface area contributed by atoms with Crippen LogP contribution in [0.5, 0.6) is 0 Å². The number of hydrogen-bond acceptors (Lipinski definition) is 4. The second-order valence-corrected chi connectivity index (χ2v) is 4.89. The topological polar surface area (TPSA) is 57.0 Å². The van der Waals surface area contributed by atoms with E-state index in [2.05, 4.69) is 9.97 Å². The molecule has 0 saturated heterocycles. The molecule has 1 aromatic carbocycles. The van der Waals surface area contributed by atoms with Gasteiger partial charge in [-0.3, -0.25) is 0 Å². The number of fused-ring (bicyclic) bond motifs is 1.